The summed E-state index contributed by atoms with van der Waals surface area (Å²) in [6.07, 6.45) is 1.09. The van der Waals surface area contributed by atoms with Gasteiger partial charge in [-0.05, 0) is 43.3 Å². The molecule has 30 heavy (non-hydrogen) atoms. The minimum absolute atomic E-state index is 0.0383. The number of benzene rings is 2. The van der Waals surface area contributed by atoms with Crippen LogP contribution in [0.1, 0.15) is 12.5 Å². The summed E-state index contributed by atoms with van der Waals surface area (Å²) in [5, 5.41) is 11.8. The molecular formula is C20H16F4N2O3S. The smallest absolute Gasteiger partial charge is 0.387 e. The number of ether oxygens (including phenoxy) is 2. The van der Waals surface area contributed by atoms with Crippen molar-refractivity contribution in [2.75, 3.05) is 11.9 Å². The minimum Gasteiger partial charge on any atom is -0.490 e. The first kappa shape index (κ1) is 23.1. The maximum Gasteiger partial charge on any atom is 0.387 e. The Kier molecular flexibility index (Phi) is 8.55. The SMILES string of the molecule is CCOc1cccc(/C=C(\C#N)C(=O)Nc2ccc(SC(F)F)cc2)c1OC(F)F. The lowest BCUT2D eigenvalue weighted by Crippen LogP contribution is -2.13. The second-order valence-corrected chi connectivity index (χ2v) is 6.58. The maximum atomic E-state index is 12.8. The van der Waals surface area contributed by atoms with Gasteiger partial charge in [0, 0.05) is 16.1 Å². The van der Waals surface area contributed by atoms with E-state index in [9.17, 15) is 27.6 Å². The van der Waals surface area contributed by atoms with Crippen molar-refractivity contribution in [2.24, 2.45) is 0 Å². The van der Waals surface area contributed by atoms with Crippen LogP contribution in [-0.4, -0.2) is 24.9 Å². The molecule has 10 heteroatoms. The van der Waals surface area contributed by atoms with Gasteiger partial charge in [-0.3, -0.25) is 4.79 Å². The Morgan fingerprint density at radius 1 is 1.20 bits per heavy atom. The summed E-state index contributed by atoms with van der Waals surface area (Å²) in [5.74, 6) is -3.65. The molecule has 0 aromatic heterocycles. The predicted molar refractivity (Wildman–Crippen MR) is 105 cm³/mol. The number of anilines is 1. The number of nitrogens with one attached hydrogen (secondary N) is 1. The molecule has 158 valence electrons. The molecule has 0 aliphatic rings. The normalized spacial score (nSPS) is 11.3. The van der Waals surface area contributed by atoms with E-state index in [1.807, 2.05) is 0 Å². The van der Waals surface area contributed by atoms with Gasteiger partial charge in [-0.1, -0.05) is 23.9 Å². The van der Waals surface area contributed by atoms with E-state index < -0.39 is 18.3 Å². The molecule has 0 unspecified atom stereocenters. The summed E-state index contributed by atoms with van der Waals surface area (Å²) in [4.78, 5) is 12.7. The quantitative estimate of drug-likeness (QED) is 0.240. The van der Waals surface area contributed by atoms with Crippen molar-refractivity contribution in [2.45, 2.75) is 24.2 Å². The number of carbonyl (C=O) groups is 1. The average molecular weight is 440 g/mol. The highest BCUT2D eigenvalue weighted by molar-refractivity contribution is 7.99. The summed E-state index contributed by atoms with van der Waals surface area (Å²) in [7, 11) is 0. The standard InChI is InChI=1S/C20H16F4N2O3S/c1-2-28-16-5-3-4-12(17(16)29-19(21)22)10-13(11-25)18(27)26-14-6-8-15(9-7-14)30-20(23)24/h3-10,19-20H,2H2,1H3,(H,26,27)/b13-10+. The zero-order valence-electron chi connectivity index (χ0n) is 15.6. The van der Waals surface area contributed by atoms with Crippen LogP contribution in [0.2, 0.25) is 0 Å². The third-order valence-electron chi connectivity index (χ3n) is 3.52. The fraction of sp³-hybridized carbons (Fsp3) is 0.200. The lowest BCUT2D eigenvalue weighted by atomic mass is 10.1. The van der Waals surface area contributed by atoms with Gasteiger partial charge in [-0.2, -0.15) is 22.8 Å². The van der Waals surface area contributed by atoms with Gasteiger partial charge in [0.05, 0.1) is 6.61 Å². The molecule has 2 rings (SSSR count). The topological polar surface area (TPSA) is 71.3 Å². The molecule has 0 fully saturated rings. The Morgan fingerprint density at radius 3 is 2.47 bits per heavy atom. The summed E-state index contributed by atoms with van der Waals surface area (Å²) in [6, 6.07) is 11.6. The van der Waals surface area contributed by atoms with Crippen molar-refractivity contribution >= 4 is 29.4 Å². The second kappa shape index (κ2) is 11.1. The largest absolute Gasteiger partial charge is 0.490 e. The lowest BCUT2D eigenvalue weighted by molar-refractivity contribution is -0.112. The number of para-hydroxylation sites is 1. The van der Waals surface area contributed by atoms with E-state index in [1.165, 1.54) is 42.5 Å². The number of hydrogen-bond acceptors (Lipinski definition) is 5. The molecule has 1 N–H and O–H groups in total. The number of alkyl halides is 4. The van der Waals surface area contributed by atoms with Crippen LogP contribution in [0, 0.1) is 11.3 Å². The van der Waals surface area contributed by atoms with Crippen molar-refractivity contribution in [1.29, 1.82) is 5.26 Å². The van der Waals surface area contributed by atoms with Gasteiger partial charge in [0.15, 0.2) is 11.5 Å². The van der Waals surface area contributed by atoms with Crippen molar-refractivity contribution < 1.29 is 31.8 Å². The fourth-order valence-corrected chi connectivity index (χ4v) is 2.85. The Hall–Kier alpha value is -3.19. The van der Waals surface area contributed by atoms with E-state index in [0.29, 0.717) is 16.7 Å². The van der Waals surface area contributed by atoms with Crippen LogP contribution in [0.4, 0.5) is 23.2 Å². The van der Waals surface area contributed by atoms with Crippen molar-refractivity contribution in [3.63, 3.8) is 0 Å². The number of nitrogens with zero attached hydrogens (tertiary/aromatic N) is 1. The van der Waals surface area contributed by atoms with Crippen molar-refractivity contribution in [1.82, 2.24) is 0 Å². The summed E-state index contributed by atoms with van der Waals surface area (Å²) >= 11 is 0.353. The van der Waals surface area contributed by atoms with Gasteiger partial charge >= 0.3 is 6.61 Å². The van der Waals surface area contributed by atoms with Gasteiger partial charge in [0.2, 0.25) is 0 Å². The second-order valence-electron chi connectivity index (χ2n) is 5.51. The van der Waals surface area contributed by atoms with Crippen LogP contribution in [0.25, 0.3) is 6.08 Å². The van der Waals surface area contributed by atoms with E-state index in [4.69, 9.17) is 4.74 Å². The number of amides is 1. The minimum atomic E-state index is -3.14. The van der Waals surface area contributed by atoms with Crippen molar-refractivity contribution in [3.8, 4) is 17.6 Å². The molecule has 1 amide bonds. The number of carbonyl (C=O) groups excluding carboxylic acids is 1. The molecule has 0 radical (unpaired) electrons. The van der Waals surface area contributed by atoms with Crippen LogP contribution >= 0.6 is 11.8 Å². The molecule has 0 atom stereocenters. The first-order valence-electron chi connectivity index (χ1n) is 8.52. The molecule has 0 heterocycles. The molecule has 5 nitrogen and oxygen atoms in total. The third kappa shape index (κ3) is 6.70. The summed E-state index contributed by atoms with van der Waals surface area (Å²) in [6.45, 7) is -1.28. The third-order valence-corrected chi connectivity index (χ3v) is 4.24. The predicted octanol–water partition coefficient (Wildman–Crippen LogP) is 5.55. The van der Waals surface area contributed by atoms with Gasteiger partial charge in [0.25, 0.3) is 11.7 Å². The Bertz CT molecular complexity index is 944. The Morgan fingerprint density at radius 2 is 1.90 bits per heavy atom. The molecule has 0 aliphatic heterocycles. The highest BCUT2D eigenvalue weighted by Crippen LogP contribution is 2.34. The van der Waals surface area contributed by atoms with Crippen LogP contribution in [0.3, 0.4) is 0 Å². The number of hydrogen-bond donors (Lipinski definition) is 1. The average Bonchev–Trinajstić information content (AvgIpc) is 2.69. The van der Waals surface area contributed by atoms with Crippen LogP contribution in [-0.2, 0) is 4.79 Å². The number of thioether (sulfide) groups is 1. The molecule has 0 spiro atoms. The molecule has 0 saturated heterocycles. The molecule has 0 saturated carbocycles. The molecule has 2 aromatic carbocycles. The zero-order chi connectivity index (χ0) is 22.1. The van der Waals surface area contributed by atoms with Crippen LogP contribution < -0.4 is 14.8 Å². The molecule has 0 aliphatic carbocycles. The van der Waals surface area contributed by atoms with E-state index in [2.05, 4.69) is 10.1 Å². The highest BCUT2D eigenvalue weighted by Gasteiger charge is 2.17. The van der Waals surface area contributed by atoms with Gasteiger partial charge in [-0.15, -0.1) is 0 Å². The maximum absolute atomic E-state index is 12.8. The molecule has 2 aromatic rings. The van der Waals surface area contributed by atoms with Crippen molar-refractivity contribution in [3.05, 3.63) is 53.6 Å². The molecular weight excluding hydrogens is 424 g/mol. The van der Waals surface area contributed by atoms with E-state index in [-0.39, 0.29) is 34.9 Å². The van der Waals surface area contributed by atoms with Gasteiger partial charge in [0.1, 0.15) is 11.6 Å². The first-order chi connectivity index (χ1) is 14.3. The number of nitriles is 1. The lowest BCUT2D eigenvalue weighted by Gasteiger charge is -2.14. The summed E-state index contributed by atoms with van der Waals surface area (Å²) < 4.78 is 60.1. The molecule has 0 bridgehead atoms. The van der Waals surface area contributed by atoms with Gasteiger partial charge in [-0.25, -0.2) is 0 Å². The first-order valence-corrected chi connectivity index (χ1v) is 9.40. The highest BCUT2D eigenvalue weighted by atomic mass is 32.2. The number of halogens is 4. The Balaban J connectivity index is 2.27. The summed E-state index contributed by atoms with van der Waals surface area (Å²) in [5.41, 5.74) is -0.0580. The monoisotopic (exact) mass is 440 g/mol. The van der Waals surface area contributed by atoms with E-state index >= 15 is 0 Å². The van der Waals surface area contributed by atoms with Crippen LogP contribution in [0.5, 0.6) is 11.5 Å². The fourth-order valence-electron chi connectivity index (χ4n) is 2.35. The van der Waals surface area contributed by atoms with Gasteiger partial charge < -0.3 is 14.8 Å². The Labute approximate surface area is 174 Å². The van der Waals surface area contributed by atoms with Crippen LogP contribution in [0.15, 0.2) is 52.9 Å². The zero-order valence-corrected chi connectivity index (χ0v) is 16.4. The number of rotatable bonds is 9. The van der Waals surface area contributed by atoms with E-state index in [1.54, 1.807) is 13.0 Å². The van der Waals surface area contributed by atoms with E-state index in [0.717, 1.165) is 6.08 Å².